The SMILES string of the molecule is COc1ccc(OC[C@@H](O)C[NH2+]CCNc2nccc(C(F)(F)F)n2)cc1. The number of methoxy groups -OCH3 is 1. The number of anilines is 1. The van der Waals surface area contributed by atoms with Crippen LogP contribution in [0.2, 0.25) is 0 Å². The predicted octanol–water partition coefficient (Wildman–Crippen LogP) is 0.919. The Bertz CT molecular complexity index is 699. The molecule has 0 saturated carbocycles. The minimum Gasteiger partial charge on any atom is -0.497 e. The molecule has 0 aliphatic carbocycles. The minimum absolute atomic E-state index is 0.0818. The molecule has 0 amide bonds. The summed E-state index contributed by atoms with van der Waals surface area (Å²) < 4.78 is 48.2. The summed E-state index contributed by atoms with van der Waals surface area (Å²) in [6.07, 6.45) is -4.13. The van der Waals surface area contributed by atoms with Gasteiger partial charge >= 0.3 is 6.18 Å². The number of ether oxygens (including phenoxy) is 2. The van der Waals surface area contributed by atoms with Crippen molar-refractivity contribution in [3.63, 3.8) is 0 Å². The fourth-order valence-electron chi connectivity index (χ4n) is 2.13. The zero-order valence-electron chi connectivity index (χ0n) is 14.7. The summed E-state index contributed by atoms with van der Waals surface area (Å²) in [4.78, 5) is 7.16. The van der Waals surface area contributed by atoms with Crippen molar-refractivity contribution in [2.24, 2.45) is 0 Å². The largest absolute Gasteiger partial charge is 0.497 e. The number of nitrogens with one attached hydrogen (secondary N) is 1. The number of rotatable bonds is 10. The zero-order chi connectivity index (χ0) is 19.7. The molecular weight excluding hydrogens is 365 g/mol. The molecule has 0 saturated heterocycles. The van der Waals surface area contributed by atoms with Crippen molar-refractivity contribution in [3.8, 4) is 11.5 Å². The van der Waals surface area contributed by atoms with Gasteiger partial charge in [0.1, 0.15) is 36.4 Å². The van der Waals surface area contributed by atoms with Crippen molar-refractivity contribution in [3.05, 3.63) is 42.2 Å². The Morgan fingerprint density at radius 1 is 1.19 bits per heavy atom. The van der Waals surface area contributed by atoms with E-state index in [1.54, 1.807) is 31.4 Å². The highest BCUT2D eigenvalue weighted by molar-refractivity contribution is 5.31. The summed E-state index contributed by atoms with van der Waals surface area (Å²) in [6.45, 7) is 1.40. The number of hydrogen-bond donors (Lipinski definition) is 3. The van der Waals surface area contributed by atoms with E-state index in [9.17, 15) is 18.3 Å². The smallest absolute Gasteiger partial charge is 0.433 e. The molecule has 0 aliphatic heterocycles. The Morgan fingerprint density at radius 2 is 1.89 bits per heavy atom. The number of alkyl halides is 3. The molecule has 7 nitrogen and oxygen atoms in total. The van der Waals surface area contributed by atoms with Gasteiger partial charge in [0, 0.05) is 6.20 Å². The van der Waals surface area contributed by atoms with E-state index in [1.807, 2.05) is 5.32 Å². The van der Waals surface area contributed by atoms with Crippen molar-refractivity contribution < 1.29 is 33.1 Å². The highest BCUT2D eigenvalue weighted by atomic mass is 19.4. The second-order valence-electron chi connectivity index (χ2n) is 5.64. The van der Waals surface area contributed by atoms with Crippen LogP contribution in [0.4, 0.5) is 19.1 Å². The molecule has 148 valence electrons. The Kier molecular flexibility index (Phi) is 7.62. The lowest BCUT2D eigenvalue weighted by atomic mass is 10.3. The molecule has 0 aliphatic rings. The summed E-state index contributed by atoms with van der Waals surface area (Å²) in [6, 6.07) is 7.82. The average Bonchev–Trinajstić information content (AvgIpc) is 2.66. The Morgan fingerprint density at radius 3 is 2.56 bits per heavy atom. The Hall–Kier alpha value is -2.59. The van der Waals surface area contributed by atoms with E-state index in [0.717, 1.165) is 12.3 Å². The van der Waals surface area contributed by atoms with Gasteiger partial charge in [-0.05, 0) is 30.3 Å². The lowest BCUT2D eigenvalue weighted by Crippen LogP contribution is -2.87. The first-order valence-corrected chi connectivity index (χ1v) is 8.29. The first-order valence-electron chi connectivity index (χ1n) is 8.29. The van der Waals surface area contributed by atoms with Crippen LogP contribution in [-0.4, -0.2) is 54.5 Å². The van der Waals surface area contributed by atoms with Crippen molar-refractivity contribution in [1.29, 1.82) is 0 Å². The highest BCUT2D eigenvalue weighted by Crippen LogP contribution is 2.27. The molecule has 0 radical (unpaired) electrons. The Labute approximate surface area is 154 Å². The van der Waals surface area contributed by atoms with Crippen LogP contribution in [0.3, 0.4) is 0 Å². The van der Waals surface area contributed by atoms with Crippen molar-refractivity contribution >= 4 is 5.95 Å². The van der Waals surface area contributed by atoms with Gasteiger partial charge in [-0.1, -0.05) is 0 Å². The van der Waals surface area contributed by atoms with Gasteiger partial charge in [-0.3, -0.25) is 0 Å². The summed E-state index contributed by atoms with van der Waals surface area (Å²) >= 11 is 0. The number of nitrogens with zero attached hydrogens (tertiary/aromatic N) is 2. The lowest BCUT2D eigenvalue weighted by Gasteiger charge is -2.12. The number of aromatic nitrogens is 2. The molecule has 2 rings (SSSR count). The van der Waals surface area contributed by atoms with Crippen LogP contribution in [0.1, 0.15) is 5.69 Å². The van der Waals surface area contributed by atoms with Crippen molar-refractivity contribution in [1.82, 2.24) is 9.97 Å². The third kappa shape index (κ3) is 7.27. The number of benzene rings is 1. The van der Waals surface area contributed by atoms with Crippen LogP contribution < -0.4 is 20.1 Å². The van der Waals surface area contributed by atoms with E-state index < -0.39 is 18.0 Å². The van der Waals surface area contributed by atoms with E-state index in [4.69, 9.17) is 9.47 Å². The summed E-state index contributed by atoms with van der Waals surface area (Å²) in [5, 5.41) is 14.4. The maximum atomic E-state index is 12.6. The molecule has 27 heavy (non-hydrogen) atoms. The maximum absolute atomic E-state index is 12.6. The molecule has 1 aromatic carbocycles. The van der Waals surface area contributed by atoms with Gasteiger partial charge in [0.05, 0.1) is 20.2 Å². The zero-order valence-corrected chi connectivity index (χ0v) is 14.7. The molecule has 0 spiro atoms. The number of aliphatic hydroxyl groups is 1. The second kappa shape index (κ2) is 9.93. The fourth-order valence-corrected chi connectivity index (χ4v) is 2.13. The topological polar surface area (TPSA) is 93.1 Å². The minimum atomic E-state index is -4.50. The van der Waals surface area contributed by atoms with Crippen molar-refractivity contribution in [2.45, 2.75) is 12.3 Å². The fraction of sp³-hybridized carbons (Fsp3) is 0.412. The molecule has 1 atom stereocenters. The maximum Gasteiger partial charge on any atom is 0.433 e. The van der Waals surface area contributed by atoms with Gasteiger partial charge < -0.3 is 25.2 Å². The van der Waals surface area contributed by atoms with Crippen LogP contribution in [0, 0.1) is 0 Å². The molecule has 1 aromatic heterocycles. The summed E-state index contributed by atoms with van der Waals surface area (Å²) in [5.41, 5.74) is -0.991. The Balaban J connectivity index is 1.62. The van der Waals surface area contributed by atoms with E-state index in [-0.39, 0.29) is 12.6 Å². The van der Waals surface area contributed by atoms with E-state index in [2.05, 4.69) is 15.3 Å². The molecule has 0 fully saturated rings. The van der Waals surface area contributed by atoms with Gasteiger partial charge in [0.2, 0.25) is 5.95 Å². The number of nitrogens with two attached hydrogens (primary N) is 1. The number of halogens is 3. The van der Waals surface area contributed by atoms with E-state index in [0.29, 0.717) is 31.1 Å². The highest BCUT2D eigenvalue weighted by Gasteiger charge is 2.32. The van der Waals surface area contributed by atoms with E-state index in [1.165, 1.54) is 0 Å². The second-order valence-corrected chi connectivity index (χ2v) is 5.64. The van der Waals surface area contributed by atoms with E-state index >= 15 is 0 Å². The third-order valence-corrected chi connectivity index (χ3v) is 3.52. The van der Waals surface area contributed by atoms with Crippen LogP contribution in [0.5, 0.6) is 11.5 Å². The normalized spacial score (nSPS) is 12.5. The summed E-state index contributed by atoms with van der Waals surface area (Å²) in [5.74, 6) is 1.26. The molecule has 0 bridgehead atoms. The molecule has 0 unspecified atom stereocenters. The van der Waals surface area contributed by atoms with Crippen LogP contribution in [0.15, 0.2) is 36.5 Å². The average molecular weight is 387 g/mol. The monoisotopic (exact) mass is 387 g/mol. The van der Waals surface area contributed by atoms with Gasteiger partial charge in [0.15, 0.2) is 0 Å². The molecule has 2 aromatic rings. The van der Waals surface area contributed by atoms with Gasteiger partial charge in [-0.2, -0.15) is 13.2 Å². The van der Waals surface area contributed by atoms with Gasteiger partial charge in [0.25, 0.3) is 0 Å². The summed E-state index contributed by atoms with van der Waals surface area (Å²) in [7, 11) is 1.57. The first kappa shape index (κ1) is 20.7. The molecule has 1 heterocycles. The van der Waals surface area contributed by atoms with Gasteiger partial charge in [-0.15, -0.1) is 0 Å². The van der Waals surface area contributed by atoms with Crippen LogP contribution in [-0.2, 0) is 6.18 Å². The van der Waals surface area contributed by atoms with Crippen LogP contribution in [0.25, 0.3) is 0 Å². The molecular formula is C17H22F3N4O3+. The standard InChI is InChI=1S/C17H21F3N4O3/c1-26-13-2-4-14(5-3-13)27-11-12(25)10-21-8-9-23-16-22-7-6-15(24-16)17(18,19)20/h2-7,12,21,25H,8-11H2,1H3,(H,22,23,24)/p+1/t12-/m0/s1. The number of hydrogen-bond acceptors (Lipinski definition) is 6. The molecule has 10 heteroatoms. The lowest BCUT2D eigenvalue weighted by molar-refractivity contribution is -0.658. The quantitative estimate of drug-likeness (QED) is 0.525. The number of quaternary nitrogens is 1. The van der Waals surface area contributed by atoms with Crippen molar-refractivity contribution in [2.75, 3.05) is 38.7 Å². The molecule has 4 N–H and O–H groups in total. The predicted molar refractivity (Wildman–Crippen MR) is 91.7 cm³/mol. The van der Waals surface area contributed by atoms with Gasteiger partial charge in [-0.25, -0.2) is 9.97 Å². The van der Waals surface area contributed by atoms with Crippen LogP contribution >= 0.6 is 0 Å². The third-order valence-electron chi connectivity index (χ3n) is 3.52. The number of aliphatic hydroxyl groups excluding tert-OH is 1. The first-order chi connectivity index (χ1) is 12.9.